The normalized spacial score (nSPS) is 12.5. The monoisotopic (exact) mass is 558 g/mol. The van der Waals surface area contributed by atoms with Gasteiger partial charge in [0.15, 0.2) is 0 Å². The minimum atomic E-state index is -0.961. The molecule has 5 aromatic rings. The van der Waals surface area contributed by atoms with Crippen LogP contribution in [0.25, 0.3) is 0 Å². The molecular formula is C36H34N2O4. The number of H-pyrrole nitrogens is 1. The lowest BCUT2D eigenvalue weighted by molar-refractivity contribution is 0.0696. The molecule has 6 nitrogen and oxygen atoms in total. The third-order valence-electron chi connectivity index (χ3n) is 7.87. The summed E-state index contributed by atoms with van der Waals surface area (Å²) >= 11 is 0. The Kier molecular flexibility index (Phi) is 8.83. The van der Waals surface area contributed by atoms with Crippen molar-refractivity contribution in [3.63, 3.8) is 0 Å². The van der Waals surface area contributed by atoms with Gasteiger partial charge in [0.05, 0.1) is 12.2 Å². The summed E-state index contributed by atoms with van der Waals surface area (Å²) in [7, 11) is 0. The zero-order valence-electron chi connectivity index (χ0n) is 23.3. The maximum Gasteiger partial charge on any atom is 0.335 e. The zero-order valence-corrected chi connectivity index (χ0v) is 23.3. The van der Waals surface area contributed by atoms with Crippen molar-refractivity contribution in [2.75, 3.05) is 6.61 Å². The van der Waals surface area contributed by atoms with Gasteiger partial charge < -0.3 is 20.6 Å². The first-order valence-electron chi connectivity index (χ1n) is 14.1. The van der Waals surface area contributed by atoms with Crippen LogP contribution in [0.2, 0.25) is 0 Å². The molecular weight excluding hydrogens is 524 g/mol. The fraction of sp³-hybridized carbons (Fsp3) is 0.167. The maximum absolute atomic E-state index is 12.1. The highest BCUT2D eigenvalue weighted by molar-refractivity contribution is 5.93. The van der Waals surface area contributed by atoms with Crippen molar-refractivity contribution in [2.45, 2.75) is 30.6 Å². The van der Waals surface area contributed by atoms with Crippen LogP contribution >= 0.6 is 0 Å². The van der Waals surface area contributed by atoms with Crippen molar-refractivity contribution in [1.29, 1.82) is 0 Å². The number of amides is 1. The van der Waals surface area contributed by atoms with Gasteiger partial charge in [0.1, 0.15) is 5.75 Å². The lowest BCUT2D eigenvalue weighted by Gasteiger charge is -2.38. The van der Waals surface area contributed by atoms with E-state index in [1.165, 1.54) is 11.1 Å². The molecule has 0 saturated heterocycles. The highest BCUT2D eigenvalue weighted by atomic mass is 16.5. The molecule has 0 saturated carbocycles. The third-order valence-corrected chi connectivity index (χ3v) is 7.87. The lowest BCUT2D eigenvalue weighted by Crippen LogP contribution is -2.32. The molecule has 0 aliphatic heterocycles. The Balaban J connectivity index is 1.55. The van der Waals surface area contributed by atoms with Crippen LogP contribution in [0, 0.1) is 0 Å². The number of aromatic nitrogens is 1. The topological polar surface area (TPSA) is 105 Å². The number of aromatic carboxylic acids is 1. The minimum absolute atomic E-state index is 0.0392. The van der Waals surface area contributed by atoms with Gasteiger partial charge in [-0.15, -0.1) is 0 Å². The molecule has 0 bridgehead atoms. The Morgan fingerprint density at radius 1 is 0.786 bits per heavy atom. The van der Waals surface area contributed by atoms with E-state index in [4.69, 9.17) is 10.5 Å². The first kappa shape index (κ1) is 28.4. The number of carbonyl (C=O) groups is 2. The van der Waals surface area contributed by atoms with E-state index in [1.54, 1.807) is 30.3 Å². The molecule has 0 radical (unpaired) electrons. The van der Waals surface area contributed by atoms with E-state index in [0.29, 0.717) is 37.2 Å². The molecule has 0 aliphatic rings. The van der Waals surface area contributed by atoms with Crippen LogP contribution in [0.1, 0.15) is 68.3 Å². The van der Waals surface area contributed by atoms with Crippen LogP contribution in [-0.2, 0) is 5.41 Å². The zero-order chi connectivity index (χ0) is 29.4. The number of nitrogens with two attached hydrogens (primary N) is 1. The number of ether oxygens (including phenoxy) is 1. The van der Waals surface area contributed by atoms with Gasteiger partial charge in [0, 0.05) is 28.8 Å². The van der Waals surface area contributed by atoms with Crippen LogP contribution in [-0.4, -0.2) is 28.6 Å². The van der Waals surface area contributed by atoms with E-state index in [1.807, 2.05) is 42.6 Å². The Bertz CT molecular complexity index is 1580. The predicted molar refractivity (Wildman–Crippen MR) is 164 cm³/mol. The summed E-state index contributed by atoms with van der Waals surface area (Å²) in [6.07, 6.45) is 3.97. The summed E-state index contributed by atoms with van der Waals surface area (Å²) in [5, 5.41) is 9.88. The number of nitrogens with one attached hydrogen (secondary N) is 1. The van der Waals surface area contributed by atoms with Crippen molar-refractivity contribution in [3.05, 3.63) is 161 Å². The highest BCUT2D eigenvalue weighted by Gasteiger charge is 2.38. The summed E-state index contributed by atoms with van der Waals surface area (Å²) in [6, 6.07) is 39.1. The summed E-state index contributed by atoms with van der Waals surface area (Å²) in [6.45, 7) is 0.407. The standard InChI is InChI=1S/C36H34N2O4/c37-34(39)28-15-8-18-31(24-28)42-22-10-20-36(33-19-9-21-38-33,30-17-7-16-29(23-30)35(40)41)25-32(26-11-3-1-4-12-26)27-13-5-2-6-14-27/h1-9,11-19,21,23-24,32,38H,10,20,22,25H2,(H2,37,39)(H,40,41). The van der Waals surface area contributed by atoms with E-state index >= 15 is 0 Å². The molecule has 42 heavy (non-hydrogen) atoms. The van der Waals surface area contributed by atoms with Crippen molar-refractivity contribution >= 4 is 11.9 Å². The van der Waals surface area contributed by atoms with Gasteiger partial charge in [-0.3, -0.25) is 4.79 Å². The molecule has 4 N–H and O–H groups in total. The molecule has 1 heterocycles. The van der Waals surface area contributed by atoms with E-state index in [2.05, 4.69) is 59.6 Å². The Morgan fingerprint density at radius 2 is 1.45 bits per heavy atom. The lowest BCUT2D eigenvalue weighted by atomic mass is 9.66. The number of hydrogen-bond acceptors (Lipinski definition) is 3. The van der Waals surface area contributed by atoms with Gasteiger partial charge in [-0.25, -0.2) is 4.79 Å². The van der Waals surface area contributed by atoms with Crippen molar-refractivity contribution in [2.24, 2.45) is 5.73 Å². The third kappa shape index (κ3) is 6.44. The number of benzene rings is 4. The first-order chi connectivity index (χ1) is 20.5. The fourth-order valence-electron chi connectivity index (χ4n) is 5.79. The SMILES string of the molecule is NC(=O)c1cccc(OCCCC(CC(c2ccccc2)c2ccccc2)(c2cccc(C(=O)O)c2)c2ccc[nH]2)c1. The molecule has 0 spiro atoms. The van der Waals surface area contributed by atoms with E-state index in [0.717, 1.165) is 11.3 Å². The number of aromatic amines is 1. The van der Waals surface area contributed by atoms with Gasteiger partial charge in [0.25, 0.3) is 0 Å². The molecule has 1 aromatic heterocycles. The van der Waals surface area contributed by atoms with E-state index in [-0.39, 0.29) is 11.5 Å². The second-order valence-electron chi connectivity index (χ2n) is 10.5. The Hall–Kier alpha value is -5.10. The number of carboxylic acids is 1. The number of carboxylic acid groups (broad SMARTS) is 1. The van der Waals surface area contributed by atoms with Crippen LogP contribution in [0.3, 0.4) is 0 Å². The second-order valence-corrected chi connectivity index (χ2v) is 10.5. The summed E-state index contributed by atoms with van der Waals surface area (Å²) in [5.41, 5.74) is 9.84. The van der Waals surface area contributed by atoms with Gasteiger partial charge in [-0.05, 0) is 78.4 Å². The quantitative estimate of drug-likeness (QED) is 0.133. The average molecular weight is 559 g/mol. The molecule has 1 atom stereocenters. The minimum Gasteiger partial charge on any atom is -0.494 e. The second kappa shape index (κ2) is 13.0. The molecule has 0 aliphatic carbocycles. The number of hydrogen-bond donors (Lipinski definition) is 3. The Morgan fingerprint density at radius 3 is 2.07 bits per heavy atom. The molecule has 0 fully saturated rings. The maximum atomic E-state index is 12.1. The van der Waals surface area contributed by atoms with E-state index < -0.39 is 17.3 Å². The van der Waals surface area contributed by atoms with Gasteiger partial charge >= 0.3 is 5.97 Å². The van der Waals surface area contributed by atoms with E-state index in [9.17, 15) is 14.7 Å². The van der Waals surface area contributed by atoms with Crippen molar-refractivity contribution in [1.82, 2.24) is 4.98 Å². The Labute approximate surface area is 245 Å². The highest BCUT2D eigenvalue weighted by Crippen LogP contribution is 2.46. The molecule has 1 amide bonds. The van der Waals surface area contributed by atoms with Gasteiger partial charge in [-0.1, -0.05) is 78.9 Å². The van der Waals surface area contributed by atoms with Gasteiger partial charge in [-0.2, -0.15) is 0 Å². The summed E-state index contributed by atoms with van der Waals surface area (Å²) in [4.78, 5) is 27.2. The summed E-state index contributed by atoms with van der Waals surface area (Å²) in [5.74, 6) is -0.844. The molecule has 212 valence electrons. The largest absolute Gasteiger partial charge is 0.494 e. The molecule has 6 heteroatoms. The van der Waals surface area contributed by atoms with Crippen molar-refractivity contribution < 1.29 is 19.4 Å². The number of primary amides is 1. The van der Waals surface area contributed by atoms with Crippen LogP contribution < -0.4 is 10.5 Å². The molecule has 5 rings (SSSR count). The number of carbonyl (C=O) groups excluding carboxylic acids is 1. The van der Waals surface area contributed by atoms with Crippen LogP contribution in [0.15, 0.2) is 128 Å². The summed E-state index contributed by atoms with van der Waals surface area (Å²) < 4.78 is 6.07. The smallest absolute Gasteiger partial charge is 0.335 e. The predicted octanol–water partition coefficient (Wildman–Crippen LogP) is 7.18. The molecule has 4 aromatic carbocycles. The van der Waals surface area contributed by atoms with Crippen LogP contribution in [0.4, 0.5) is 0 Å². The van der Waals surface area contributed by atoms with Gasteiger partial charge in [0.2, 0.25) is 5.91 Å². The van der Waals surface area contributed by atoms with Crippen molar-refractivity contribution in [3.8, 4) is 5.75 Å². The van der Waals surface area contributed by atoms with Crippen LogP contribution in [0.5, 0.6) is 5.75 Å². The average Bonchev–Trinajstić information content (AvgIpc) is 3.58. The first-order valence-corrected chi connectivity index (χ1v) is 14.1. The number of rotatable bonds is 13. The molecule has 1 unspecified atom stereocenters. The fourth-order valence-corrected chi connectivity index (χ4v) is 5.79.